The third kappa shape index (κ3) is 2.99. The van der Waals surface area contributed by atoms with E-state index < -0.39 is 5.54 Å². The third-order valence-electron chi connectivity index (χ3n) is 5.30. The van der Waals surface area contributed by atoms with Gasteiger partial charge in [-0.25, -0.2) is 0 Å². The highest BCUT2D eigenvalue weighted by Crippen LogP contribution is 2.36. The quantitative estimate of drug-likeness (QED) is 0.754. The number of anilines is 3. The van der Waals surface area contributed by atoms with Crippen LogP contribution in [0.2, 0.25) is 0 Å². The molecule has 142 valence electrons. The van der Waals surface area contributed by atoms with Crippen molar-refractivity contribution in [2.24, 2.45) is 0 Å². The molecule has 0 aromatic heterocycles. The Bertz CT molecular complexity index is 1070. The maximum Gasteiger partial charge on any atom is 0.250 e. The van der Waals surface area contributed by atoms with Gasteiger partial charge in [0.15, 0.2) is 0 Å². The lowest BCUT2D eigenvalue weighted by molar-refractivity contribution is -0.125. The normalized spacial score (nSPS) is 15.1. The molecule has 1 N–H and O–H groups in total. The van der Waals surface area contributed by atoms with E-state index in [-0.39, 0.29) is 18.4 Å². The van der Waals surface area contributed by atoms with E-state index in [1.54, 1.807) is 18.7 Å². The molecule has 0 atom stereocenters. The SMILES string of the molecule is CN(CC(=O)N1c2ccccc2NC(=O)C1(C)C)c1ccc2ccccc2c1. The van der Waals surface area contributed by atoms with Crippen LogP contribution in [0.3, 0.4) is 0 Å². The van der Waals surface area contributed by atoms with Crippen LogP contribution in [-0.4, -0.2) is 30.9 Å². The number of fused-ring (bicyclic) bond motifs is 2. The first-order valence-corrected chi connectivity index (χ1v) is 9.31. The molecule has 0 saturated carbocycles. The van der Waals surface area contributed by atoms with Crippen LogP contribution in [0.1, 0.15) is 13.8 Å². The summed E-state index contributed by atoms with van der Waals surface area (Å²) in [5.74, 6) is -0.309. The molecule has 0 bridgehead atoms. The summed E-state index contributed by atoms with van der Waals surface area (Å²) < 4.78 is 0. The highest BCUT2D eigenvalue weighted by atomic mass is 16.2. The van der Waals surface area contributed by atoms with Gasteiger partial charge in [-0.2, -0.15) is 0 Å². The van der Waals surface area contributed by atoms with Gasteiger partial charge in [-0.15, -0.1) is 0 Å². The van der Waals surface area contributed by atoms with Crippen molar-refractivity contribution in [1.82, 2.24) is 0 Å². The number of para-hydroxylation sites is 2. The second-order valence-corrected chi connectivity index (χ2v) is 7.65. The third-order valence-corrected chi connectivity index (χ3v) is 5.30. The number of benzene rings is 3. The van der Waals surface area contributed by atoms with Crippen molar-refractivity contribution < 1.29 is 9.59 Å². The van der Waals surface area contributed by atoms with Crippen molar-refractivity contribution in [3.05, 3.63) is 66.7 Å². The number of nitrogens with zero attached hydrogens (tertiary/aromatic N) is 2. The van der Waals surface area contributed by atoms with Crippen molar-refractivity contribution in [3.63, 3.8) is 0 Å². The molecule has 2 amide bonds. The average Bonchev–Trinajstić information content (AvgIpc) is 2.68. The van der Waals surface area contributed by atoms with Gasteiger partial charge in [0, 0.05) is 12.7 Å². The lowest BCUT2D eigenvalue weighted by Crippen LogP contribution is -2.60. The Morgan fingerprint density at radius 2 is 1.68 bits per heavy atom. The molecule has 1 aliphatic rings. The van der Waals surface area contributed by atoms with Crippen LogP contribution in [0.15, 0.2) is 66.7 Å². The number of likely N-dealkylation sites (N-methyl/N-ethyl adjacent to an activating group) is 1. The van der Waals surface area contributed by atoms with Crippen molar-refractivity contribution in [1.29, 1.82) is 0 Å². The second-order valence-electron chi connectivity index (χ2n) is 7.65. The highest BCUT2D eigenvalue weighted by molar-refractivity contribution is 6.14. The van der Waals surface area contributed by atoms with Gasteiger partial charge < -0.3 is 10.2 Å². The average molecular weight is 373 g/mol. The predicted octanol–water partition coefficient (Wildman–Crippen LogP) is 4.04. The molecule has 4 rings (SSSR count). The summed E-state index contributed by atoms with van der Waals surface area (Å²) in [5.41, 5.74) is 1.38. The molecule has 5 heteroatoms. The smallest absolute Gasteiger partial charge is 0.250 e. The monoisotopic (exact) mass is 373 g/mol. The summed E-state index contributed by atoms with van der Waals surface area (Å²) in [6.45, 7) is 3.71. The van der Waals surface area contributed by atoms with Gasteiger partial charge in [-0.3, -0.25) is 14.5 Å². The van der Waals surface area contributed by atoms with E-state index in [4.69, 9.17) is 0 Å². The minimum Gasteiger partial charge on any atom is -0.365 e. The van der Waals surface area contributed by atoms with Gasteiger partial charge >= 0.3 is 0 Å². The summed E-state index contributed by atoms with van der Waals surface area (Å²) in [7, 11) is 1.89. The van der Waals surface area contributed by atoms with Gasteiger partial charge in [0.1, 0.15) is 5.54 Å². The predicted molar refractivity (Wildman–Crippen MR) is 114 cm³/mol. The Labute approximate surface area is 164 Å². The van der Waals surface area contributed by atoms with Crippen LogP contribution in [0.25, 0.3) is 10.8 Å². The number of hydrogen-bond donors (Lipinski definition) is 1. The van der Waals surface area contributed by atoms with Gasteiger partial charge in [0.25, 0.3) is 0 Å². The molecule has 0 fully saturated rings. The fraction of sp³-hybridized carbons (Fsp3) is 0.217. The molecule has 0 unspecified atom stereocenters. The van der Waals surface area contributed by atoms with Crippen molar-refractivity contribution in [2.75, 3.05) is 28.7 Å². The number of rotatable bonds is 3. The molecule has 0 spiro atoms. The van der Waals surface area contributed by atoms with Crippen molar-refractivity contribution in [2.45, 2.75) is 19.4 Å². The Morgan fingerprint density at radius 1 is 1.00 bits per heavy atom. The molecule has 1 heterocycles. The van der Waals surface area contributed by atoms with Gasteiger partial charge in [-0.05, 0) is 48.9 Å². The highest BCUT2D eigenvalue weighted by Gasteiger charge is 2.43. The molecule has 1 aliphatic heterocycles. The second kappa shape index (κ2) is 6.68. The zero-order valence-electron chi connectivity index (χ0n) is 16.3. The molecule has 5 nitrogen and oxygen atoms in total. The van der Waals surface area contributed by atoms with Crippen LogP contribution in [0, 0.1) is 0 Å². The van der Waals surface area contributed by atoms with Gasteiger partial charge in [0.2, 0.25) is 11.8 Å². The Morgan fingerprint density at radius 3 is 2.46 bits per heavy atom. The fourth-order valence-electron chi connectivity index (χ4n) is 3.68. The summed E-state index contributed by atoms with van der Waals surface area (Å²) in [6.07, 6.45) is 0. The maximum absolute atomic E-state index is 13.3. The molecular weight excluding hydrogens is 350 g/mol. The Hall–Kier alpha value is -3.34. The number of carbonyl (C=O) groups is 2. The van der Waals surface area contributed by atoms with Gasteiger partial charge in [0.05, 0.1) is 17.9 Å². The fourth-order valence-corrected chi connectivity index (χ4v) is 3.68. The van der Waals surface area contributed by atoms with E-state index in [9.17, 15) is 9.59 Å². The largest absolute Gasteiger partial charge is 0.365 e. The Kier molecular flexibility index (Phi) is 4.30. The molecule has 0 radical (unpaired) electrons. The van der Waals surface area contributed by atoms with E-state index in [1.807, 2.05) is 54.4 Å². The molecule has 3 aromatic carbocycles. The number of carbonyl (C=O) groups excluding carboxylic acids is 2. The van der Waals surface area contributed by atoms with Crippen LogP contribution >= 0.6 is 0 Å². The zero-order valence-corrected chi connectivity index (χ0v) is 16.3. The van der Waals surface area contributed by atoms with Gasteiger partial charge in [-0.1, -0.05) is 42.5 Å². The summed E-state index contributed by atoms with van der Waals surface area (Å²) in [4.78, 5) is 29.4. The summed E-state index contributed by atoms with van der Waals surface area (Å²) in [6, 6.07) is 21.7. The topological polar surface area (TPSA) is 52.7 Å². The molecule has 28 heavy (non-hydrogen) atoms. The number of nitrogens with one attached hydrogen (secondary N) is 1. The zero-order chi connectivity index (χ0) is 19.9. The lowest BCUT2D eigenvalue weighted by Gasteiger charge is -2.42. The summed E-state index contributed by atoms with van der Waals surface area (Å²) in [5, 5.41) is 5.18. The number of hydrogen-bond acceptors (Lipinski definition) is 3. The van der Waals surface area contributed by atoms with Crippen LogP contribution in [0.4, 0.5) is 17.1 Å². The standard InChI is InChI=1S/C23H23N3O2/c1-23(2)22(28)24-19-10-6-7-11-20(19)26(23)21(27)15-25(3)18-13-12-16-8-4-5-9-17(16)14-18/h4-14H,15H2,1-3H3,(H,24,28). The molecule has 0 saturated heterocycles. The van der Waals surface area contributed by atoms with Crippen LogP contribution in [-0.2, 0) is 9.59 Å². The summed E-state index contributed by atoms with van der Waals surface area (Å²) >= 11 is 0. The minimum absolute atomic E-state index is 0.122. The first-order chi connectivity index (χ1) is 13.4. The number of amides is 2. The minimum atomic E-state index is -0.963. The van der Waals surface area contributed by atoms with E-state index >= 15 is 0 Å². The van der Waals surface area contributed by atoms with Crippen LogP contribution < -0.4 is 15.1 Å². The van der Waals surface area contributed by atoms with Crippen molar-refractivity contribution in [3.8, 4) is 0 Å². The van der Waals surface area contributed by atoms with E-state index in [0.717, 1.165) is 22.1 Å². The molecular formula is C23H23N3O2. The molecule has 0 aliphatic carbocycles. The first kappa shape index (κ1) is 18.0. The first-order valence-electron chi connectivity index (χ1n) is 9.31. The van der Waals surface area contributed by atoms with E-state index in [2.05, 4.69) is 29.6 Å². The molecule has 3 aromatic rings. The maximum atomic E-state index is 13.3. The van der Waals surface area contributed by atoms with Crippen molar-refractivity contribution >= 4 is 39.6 Å². The Balaban J connectivity index is 1.63. The van der Waals surface area contributed by atoms with E-state index in [0.29, 0.717) is 5.69 Å². The van der Waals surface area contributed by atoms with E-state index in [1.165, 1.54) is 0 Å². The lowest BCUT2D eigenvalue weighted by atomic mass is 9.96. The van der Waals surface area contributed by atoms with Crippen LogP contribution in [0.5, 0.6) is 0 Å².